The minimum absolute atomic E-state index is 0.459. The van der Waals surface area contributed by atoms with Crippen LogP contribution in [0.25, 0.3) is 0 Å². The number of rotatable bonds is 7. The molecule has 2 fully saturated rings. The Kier molecular flexibility index (Phi) is 5.26. The van der Waals surface area contributed by atoms with E-state index in [1.54, 1.807) is 13.2 Å². The lowest BCUT2D eigenvalue weighted by Crippen LogP contribution is -2.24. The molecule has 1 atom stereocenters. The Bertz CT molecular complexity index is 819. The van der Waals surface area contributed by atoms with Gasteiger partial charge in [0, 0.05) is 49.1 Å². The van der Waals surface area contributed by atoms with Gasteiger partial charge in [-0.15, -0.1) is 0 Å². The average molecular weight is 383 g/mol. The minimum atomic E-state index is 0.459. The highest BCUT2D eigenvalue weighted by molar-refractivity contribution is 5.62. The third-order valence-corrected chi connectivity index (χ3v) is 5.55. The summed E-state index contributed by atoms with van der Waals surface area (Å²) in [5.41, 5.74) is 7.64. The molecule has 4 rings (SSSR count). The second kappa shape index (κ2) is 7.83. The number of nitrogens with zero attached hydrogens (tertiary/aromatic N) is 4. The van der Waals surface area contributed by atoms with E-state index in [4.69, 9.17) is 15.2 Å². The Morgan fingerprint density at radius 3 is 2.71 bits per heavy atom. The van der Waals surface area contributed by atoms with Crippen LogP contribution in [0.1, 0.15) is 25.0 Å². The highest BCUT2D eigenvalue weighted by Gasteiger charge is 2.34. The van der Waals surface area contributed by atoms with E-state index in [-0.39, 0.29) is 0 Å². The summed E-state index contributed by atoms with van der Waals surface area (Å²) in [5.74, 6) is 3.08. The molecule has 2 N–H and O–H groups in total. The molecule has 28 heavy (non-hydrogen) atoms. The van der Waals surface area contributed by atoms with Gasteiger partial charge < -0.3 is 20.1 Å². The zero-order valence-electron chi connectivity index (χ0n) is 16.9. The Hall–Kier alpha value is -2.54. The number of methoxy groups -OCH3 is 1. The van der Waals surface area contributed by atoms with Gasteiger partial charge in [-0.2, -0.15) is 4.98 Å². The molecule has 0 radical (unpaired) electrons. The number of hydrogen-bond donors (Lipinski definition) is 1. The fourth-order valence-electron chi connectivity index (χ4n) is 3.81. The first kappa shape index (κ1) is 18.8. The number of hydrogen-bond acceptors (Lipinski definition) is 7. The Labute approximate surface area is 166 Å². The van der Waals surface area contributed by atoms with E-state index in [1.807, 2.05) is 37.1 Å². The van der Waals surface area contributed by atoms with Crippen LogP contribution < -0.4 is 20.1 Å². The minimum Gasteiger partial charge on any atom is -0.493 e. The fourth-order valence-corrected chi connectivity index (χ4v) is 3.81. The van der Waals surface area contributed by atoms with Gasteiger partial charge in [0.15, 0.2) is 11.5 Å². The highest BCUT2D eigenvalue weighted by atomic mass is 16.5. The van der Waals surface area contributed by atoms with Crippen LogP contribution in [0.4, 0.5) is 17.5 Å². The molecule has 2 heterocycles. The molecule has 2 aromatic rings. The number of benzene rings is 1. The van der Waals surface area contributed by atoms with Crippen molar-refractivity contribution >= 4 is 17.5 Å². The van der Waals surface area contributed by atoms with E-state index in [1.165, 1.54) is 25.8 Å². The van der Waals surface area contributed by atoms with Crippen molar-refractivity contribution in [1.82, 2.24) is 14.9 Å². The summed E-state index contributed by atoms with van der Waals surface area (Å²) in [6.45, 7) is 4.96. The van der Waals surface area contributed by atoms with Crippen LogP contribution in [0.15, 0.2) is 24.3 Å². The lowest BCUT2D eigenvalue weighted by Gasteiger charge is -2.21. The molecule has 1 aliphatic heterocycles. The molecule has 0 unspecified atom stereocenters. The van der Waals surface area contributed by atoms with Gasteiger partial charge >= 0.3 is 0 Å². The maximum absolute atomic E-state index is 6.19. The van der Waals surface area contributed by atoms with Crippen molar-refractivity contribution in [2.24, 2.45) is 5.92 Å². The third kappa shape index (κ3) is 4.14. The largest absolute Gasteiger partial charge is 0.493 e. The summed E-state index contributed by atoms with van der Waals surface area (Å²) in [6, 6.07) is 8.46. The SMILES string of the molecule is COc1ccc(N(C)c2nc(C)cc(N)n2)cc1OC[C@H]1CCN(C2CC2)C1. The number of aromatic nitrogens is 2. The topological polar surface area (TPSA) is 76.7 Å². The summed E-state index contributed by atoms with van der Waals surface area (Å²) in [7, 11) is 3.59. The number of likely N-dealkylation sites (tertiary alicyclic amines) is 1. The van der Waals surface area contributed by atoms with Crippen LogP contribution in [0, 0.1) is 12.8 Å². The van der Waals surface area contributed by atoms with E-state index in [9.17, 15) is 0 Å². The quantitative estimate of drug-likeness (QED) is 0.787. The van der Waals surface area contributed by atoms with Crippen molar-refractivity contribution in [2.45, 2.75) is 32.2 Å². The molecule has 0 amide bonds. The van der Waals surface area contributed by atoms with E-state index >= 15 is 0 Å². The molecule has 0 bridgehead atoms. The molecular formula is C21H29N5O2. The average Bonchev–Trinajstić information content (AvgIpc) is 3.43. The fraction of sp³-hybridized carbons (Fsp3) is 0.524. The van der Waals surface area contributed by atoms with Crippen LogP contribution in [0.3, 0.4) is 0 Å². The van der Waals surface area contributed by atoms with E-state index < -0.39 is 0 Å². The van der Waals surface area contributed by atoms with Gasteiger partial charge in [-0.3, -0.25) is 4.90 Å². The molecule has 2 aliphatic rings. The third-order valence-electron chi connectivity index (χ3n) is 5.55. The number of nitrogen functional groups attached to an aromatic ring is 1. The number of nitrogens with two attached hydrogens (primary N) is 1. The van der Waals surface area contributed by atoms with Crippen LogP contribution in [0.2, 0.25) is 0 Å². The zero-order chi connectivity index (χ0) is 19.7. The molecule has 1 aromatic heterocycles. The van der Waals surface area contributed by atoms with Gasteiger partial charge in [-0.25, -0.2) is 4.98 Å². The van der Waals surface area contributed by atoms with Crippen molar-refractivity contribution in [3.63, 3.8) is 0 Å². The van der Waals surface area contributed by atoms with Crippen molar-refractivity contribution in [1.29, 1.82) is 0 Å². The maximum atomic E-state index is 6.19. The molecule has 0 spiro atoms. The highest BCUT2D eigenvalue weighted by Crippen LogP contribution is 2.35. The molecule has 7 nitrogen and oxygen atoms in total. The van der Waals surface area contributed by atoms with Gasteiger partial charge in [0.25, 0.3) is 0 Å². The predicted octanol–water partition coefficient (Wildman–Crippen LogP) is 3.01. The predicted molar refractivity (Wildman–Crippen MR) is 110 cm³/mol. The van der Waals surface area contributed by atoms with Crippen molar-refractivity contribution in [3.05, 3.63) is 30.0 Å². The number of anilines is 3. The molecule has 150 valence electrons. The smallest absolute Gasteiger partial charge is 0.231 e. The molecule has 1 aliphatic carbocycles. The molecule has 1 saturated carbocycles. The Morgan fingerprint density at radius 2 is 2.00 bits per heavy atom. The first-order valence-corrected chi connectivity index (χ1v) is 9.93. The van der Waals surface area contributed by atoms with Gasteiger partial charge in [0.05, 0.1) is 13.7 Å². The van der Waals surface area contributed by atoms with E-state index in [2.05, 4.69) is 14.9 Å². The molecular weight excluding hydrogens is 354 g/mol. The Balaban J connectivity index is 1.47. The first-order chi connectivity index (χ1) is 13.5. The second-order valence-corrected chi connectivity index (χ2v) is 7.82. The van der Waals surface area contributed by atoms with E-state index in [0.29, 0.717) is 24.3 Å². The summed E-state index contributed by atoms with van der Waals surface area (Å²) in [5, 5.41) is 0. The monoisotopic (exact) mass is 383 g/mol. The first-order valence-electron chi connectivity index (χ1n) is 9.93. The zero-order valence-corrected chi connectivity index (χ0v) is 16.9. The molecule has 7 heteroatoms. The number of ether oxygens (including phenoxy) is 2. The van der Waals surface area contributed by atoms with Crippen molar-refractivity contribution < 1.29 is 9.47 Å². The molecule has 1 aromatic carbocycles. The van der Waals surface area contributed by atoms with E-state index in [0.717, 1.165) is 35.5 Å². The van der Waals surface area contributed by atoms with Gasteiger partial charge in [0.2, 0.25) is 5.95 Å². The van der Waals surface area contributed by atoms with Gasteiger partial charge in [-0.1, -0.05) is 0 Å². The summed E-state index contributed by atoms with van der Waals surface area (Å²) in [4.78, 5) is 13.3. The lowest BCUT2D eigenvalue weighted by atomic mass is 10.1. The summed E-state index contributed by atoms with van der Waals surface area (Å²) in [6.07, 6.45) is 3.93. The second-order valence-electron chi connectivity index (χ2n) is 7.82. The standard InChI is InChI=1S/C21H29N5O2/c1-14-10-20(22)24-21(23-14)25(2)17-6-7-18(27-3)19(11-17)28-13-15-8-9-26(12-15)16-4-5-16/h6-7,10-11,15-16H,4-5,8-9,12-13H2,1-3H3,(H2,22,23,24)/t15-/m0/s1. The lowest BCUT2D eigenvalue weighted by molar-refractivity contribution is 0.230. The molecule has 1 saturated heterocycles. The number of aryl methyl sites for hydroxylation is 1. The van der Waals surface area contributed by atoms with Crippen LogP contribution in [0.5, 0.6) is 11.5 Å². The van der Waals surface area contributed by atoms with Crippen LogP contribution in [-0.4, -0.2) is 54.8 Å². The van der Waals surface area contributed by atoms with Crippen LogP contribution in [-0.2, 0) is 0 Å². The van der Waals surface area contributed by atoms with Crippen molar-refractivity contribution in [3.8, 4) is 11.5 Å². The van der Waals surface area contributed by atoms with Crippen molar-refractivity contribution in [2.75, 3.05) is 44.5 Å². The maximum Gasteiger partial charge on any atom is 0.231 e. The normalized spacial score (nSPS) is 19.6. The summed E-state index contributed by atoms with van der Waals surface area (Å²) < 4.78 is 11.7. The summed E-state index contributed by atoms with van der Waals surface area (Å²) >= 11 is 0. The Morgan fingerprint density at radius 1 is 1.18 bits per heavy atom. The van der Waals surface area contributed by atoms with Crippen LogP contribution >= 0.6 is 0 Å². The van der Waals surface area contributed by atoms with Gasteiger partial charge in [-0.05, 0) is 44.9 Å². The van der Waals surface area contributed by atoms with Gasteiger partial charge in [0.1, 0.15) is 5.82 Å².